The summed E-state index contributed by atoms with van der Waals surface area (Å²) in [6.45, 7) is 5.00. The molecular formula is C20H25BrClN5O3. The SMILES string of the molecule is CC1CN(C(=O)O)CCN1c1nc(OCC2CCCN2C)nc2cc(Cl)c(Br)cc12. The molecule has 10 heteroatoms. The molecular weight excluding hydrogens is 474 g/mol. The van der Waals surface area contributed by atoms with Gasteiger partial charge in [0.15, 0.2) is 0 Å². The molecule has 0 saturated carbocycles. The van der Waals surface area contributed by atoms with Crippen molar-refractivity contribution in [3.8, 4) is 6.01 Å². The van der Waals surface area contributed by atoms with Crippen LogP contribution in [0.1, 0.15) is 19.8 Å². The Morgan fingerprint density at radius 3 is 2.80 bits per heavy atom. The van der Waals surface area contributed by atoms with Gasteiger partial charge < -0.3 is 24.5 Å². The number of rotatable bonds is 4. The molecule has 2 aromatic rings. The van der Waals surface area contributed by atoms with E-state index < -0.39 is 6.09 Å². The van der Waals surface area contributed by atoms with Gasteiger partial charge in [0.05, 0.1) is 10.5 Å². The molecule has 30 heavy (non-hydrogen) atoms. The fraction of sp³-hybridized carbons (Fsp3) is 0.550. The summed E-state index contributed by atoms with van der Waals surface area (Å²) < 4.78 is 6.78. The van der Waals surface area contributed by atoms with Gasteiger partial charge in [0.2, 0.25) is 0 Å². The normalized spacial score (nSPS) is 22.7. The first-order valence-electron chi connectivity index (χ1n) is 10.1. The summed E-state index contributed by atoms with van der Waals surface area (Å²) in [6.07, 6.45) is 1.38. The van der Waals surface area contributed by atoms with E-state index in [4.69, 9.17) is 21.3 Å². The average Bonchev–Trinajstić information content (AvgIpc) is 3.11. The summed E-state index contributed by atoms with van der Waals surface area (Å²) in [6, 6.07) is 4.37. The van der Waals surface area contributed by atoms with Crippen LogP contribution >= 0.6 is 27.5 Å². The van der Waals surface area contributed by atoms with Gasteiger partial charge in [-0.05, 0) is 61.4 Å². The molecule has 2 aliphatic rings. The van der Waals surface area contributed by atoms with Crippen molar-refractivity contribution in [2.24, 2.45) is 0 Å². The smallest absolute Gasteiger partial charge is 0.407 e. The topological polar surface area (TPSA) is 82.0 Å². The van der Waals surface area contributed by atoms with Crippen LogP contribution in [0.15, 0.2) is 16.6 Å². The summed E-state index contributed by atoms with van der Waals surface area (Å²) in [7, 11) is 2.11. The average molecular weight is 499 g/mol. The predicted octanol–water partition coefficient (Wildman–Crippen LogP) is 3.71. The fourth-order valence-corrected chi connectivity index (χ4v) is 4.68. The van der Waals surface area contributed by atoms with E-state index in [0.717, 1.165) is 28.6 Å². The van der Waals surface area contributed by atoms with Crippen molar-refractivity contribution in [1.29, 1.82) is 0 Å². The van der Waals surface area contributed by atoms with Gasteiger partial charge in [0, 0.05) is 41.6 Å². The molecule has 0 radical (unpaired) electrons. The molecule has 0 aliphatic carbocycles. The zero-order valence-corrected chi connectivity index (χ0v) is 19.4. The Hall–Kier alpha value is -1.84. The molecule has 0 spiro atoms. The molecule has 3 heterocycles. The highest BCUT2D eigenvalue weighted by Gasteiger charge is 2.29. The quantitative estimate of drug-likeness (QED) is 0.688. The first-order valence-corrected chi connectivity index (χ1v) is 11.2. The maximum absolute atomic E-state index is 11.4. The molecule has 1 aromatic carbocycles. The zero-order valence-electron chi connectivity index (χ0n) is 17.0. The largest absolute Gasteiger partial charge is 0.465 e. The number of benzene rings is 1. The van der Waals surface area contributed by atoms with E-state index in [2.05, 4.69) is 37.8 Å². The summed E-state index contributed by atoms with van der Waals surface area (Å²) in [4.78, 5) is 26.6. The Morgan fingerprint density at radius 1 is 1.33 bits per heavy atom. The minimum atomic E-state index is -0.895. The van der Waals surface area contributed by atoms with Gasteiger partial charge in [-0.15, -0.1) is 0 Å². The number of likely N-dealkylation sites (N-methyl/N-ethyl adjacent to an activating group) is 1. The summed E-state index contributed by atoms with van der Waals surface area (Å²) in [5, 5.41) is 10.7. The number of nitrogens with zero attached hydrogens (tertiary/aromatic N) is 5. The predicted molar refractivity (Wildman–Crippen MR) is 120 cm³/mol. The molecule has 162 valence electrons. The Morgan fingerprint density at radius 2 is 2.13 bits per heavy atom. The van der Waals surface area contributed by atoms with Crippen LogP contribution in [0.25, 0.3) is 10.9 Å². The Balaban J connectivity index is 1.67. The maximum atomic E-state index is 11.4. The lowest BCUT2D eigenvalue weighted by atomic mass is 10.1. The highest BCUT2D eigenvalue weighted by atomic mass is 79.9. The van der Waals surface area contributed by atoms with E-state index >= 15 is 0 Å². The van der Waals surface area contributed by atoms with E-state index in [0.29, 0.717) is 48.8 Å². The Bertz CT molecular complexity index is 962. The Kier molecular flexibility index (Phi) is 6.22. The van der Waals surface area contributed by atoms with Gasteiger partial charge in [-0.25, -0.2) is 4.79 Å². The van der Waals surface area contributed by atoms with E-state index in [-0.39, 0.29) is 6.04 Å². The van der Waals surface area contributed by atoms with Gasteiger partial charge in [0.25, 0.3) is 0 Å². The van der Waals surface area contributed by atoms with Crippen molar-refractivity contribution in [3.63, 3.8) is 0 Å². The number of fused-ring (bicyclic) bond motifs is 1. The third-order valence-corrected chi connectivity index (χ3v) is 7.14. The number of amides is 1. The molecule has 2 unspecified atom stereocenters. The van der Waals surface area contributed by atoms with Crippen LogP contribution in [0.2, 0.25) is 5.02 Å². The molecule has 2 saturated heterocycles. The third kappa shape index (κ3) is 4.29. The molecule has 1 N–H and O–H groups in total. The number of hydrogen-bond donors (Lipinski definition) is 1. The standard InChI is InChI=1S/C20H25BrClN5O3/c1-12-10-26(20(28)29)6-7-27(12)18-14-8-15(21)16(22)9-17(14)23-19(24-18)30-11-13-4-3-5-25(13)2/h8-9,12-13H,3-7,10-11H2,1-2H3,(H,28,29). The van der Waals surface area contributed by atoms with E-state index in [1.54, 1.807) is 6.07 Å². The molecule has 1 aromatic heterocycles. The number of likely N-dealkylation sites (tertiary alicyclic amines) is 1. The molecule has 2 atom stereocenters. The van der Waals surface area contributed by atoms with Gasteiger partial charge in [-0.1, -0.05) is 11.6 Å². The van der Waals surface area contributed by atoms with Crippen LogP contribution in [-0.2, 0) is 0 Å². The minimum absolute atomic E-state index is 0.0313. The second-order valence-corrected chi connectivity index (χ2v) is 9.23. The molecule has 2 aliphatic heterocycles. The lowest BCUT2D eigenvalue weighted by Crippen LogP contribution is -2.53. The lowest BCUT2D eigenvalue weighted by molar-refractivity contribution is 0.136. The zero-order chi connectivity index (χ0) is 21.4. The second kappa shape index (κ2) is 8.72. The van der Waals surface area contributed by atoms with E-state index in [1.165, 1.54) is 11.3 Å². The van der Waals surface area contributed by atoms with Crippen LogP contribution in [0.4, 0.5) is 10.6 Å². The summed E-state index contributed by atoms with van der Waals surface area (Å²) in [5.41, 5.74) is 0.704. The van der Waals surface area contributed by atoms with Crippen LogP contribution in [0.3, 0.4) is 0 Å². The van der Waals surface area contributed by atoms with Crippen LogP contribution in [0, 0.1) is 0 Å². The summed E-state index contributed by atoms with van der Waals surface area (Å²) in [5.74, 6) is 0.740. The Labute approximate surface area is 188 Å². The van der Waals surface area contributed by atoms with Crippen molar-refractivity contribution in [2.45, 2.75) is 31.8 Å². The van der Waals surface area contributed by atoms with Crippen molar-refractivity contribution in [2.75, 3.05) is 44.7 Å². The van der Waals surface area contributed by atoms with Gasteiger partial charge >= 0.3 is 12.1 Å². The summed E-state index contributed by atoms with van der Waals surface area (Å²) >= 11 is 9.81. The van der Waals surface area contributed by atoms with Gasteiger partial charge in [-0.3, -0.25) is 0 Å². The number of piperazine rings is 1. The highest BCUT2D eigenvalue weighted by molar-refractivity contribution is 9.10. The first-order chi connectivity index (χ1) is 14.3. The number of aromatic nitrogens is 2. The highest BCUT2D eigenvalue weighted by Crippen LogP contribution is 2.34. The van der Waals surface area contributed by atoms with Crippen molar-refractivity contribution < 1.29 is 14.6 Å². The third-order valence-electron chi connectivity index (χ3n) is 5.94. The molecule has 2 fully saturated rings. The monoisotopic (exact) mass is 497 g/mol. The van der Waals surface area contributed by atoms with Crippen LogP contribution < -0.4 is 9.64 Å². The van der Waals surface area contributed by atoms with Crippen molar-refractivity contribution in [3.05, 3.63) is 21.6 Å². The van der Waals surface area contributed by atoms with Crippen molar-refractivity contribution in [1.82, 2.24) is 19.8 Å². The van der Waals surface area contributed by atoms with Gasteiger partial charge in [-0.2, -0.15) is 9.97 Å². The number of hydrogen-bond acceptors (Lipinski definition) is 6. The lowest BCUT2D eigenvalue weighted by Gasteiger charge is -2.39. The van der Waals surface area contributed by atoms with Crippen LogP contribution in [0.5, 0.6) is 6.01 Å². The maximum Gasteiger partial charge on any atom is 0.407 e. The molecule has 8 nitrogen and oxygen atoms in total. The number of ether oxygens (including phenoxy) is 1. The molecule has 4 rings (SSSR count). The van der Waals surface area contributed by atoms with Gasteiger partial charge in [0.1, 0.15) is 12.4 Å². The number of carboxylic acid groups (broad SMARTS) is 1. The van der Waals surface area contributed by atoms with Crippen molar-refractivity contribution >= 4 is 50.3 Å². The minimum Gasteiger partial charge on any atom is -0.465 e. The second-order valence-electron chi connectivity index (χ2n) is 7.97. The van der Waals surface area contributed by atoms with Crippen LogP contribution in [-0.4, -0.2) is 82.9 Å². The number of anilines is 1. The fourth-order valence-electron chi connectivity index (χ4n) is 4.18. The molecule has 0 bridgehead atoms. The number of halogens is 2. The molecule has 1 amide bonds. The number of carbonyl (C=O) groups is 1. The first kappa shape index (κ1) is 21.4. The van der Waals surface area contributed by atoms with E-state index in [1.807, 2.05) is 13.0 Å². The van der Waals surface area contributed by atoms with E-state index in [9.17, 15) is 9.90 Å².